The van der Waals surface area contributed by atoms with Gasteiger partial charge in [-0.2, -0.15) is 4.31 Å². The van der Waals surface area contributed by atoms with E-state index in [1.807, 2.05) is 24.3 Å². The molecule has 0 aliphatic carbocycles. The molecule has 21 heavy (non-hydrogen) atoms. The average molecular weight is 305 g/mol. The van der Waals surface area contributed by atoms with Gasteiger partial charge < -0.3 is 5.73 Å². The predicted octanol–water partition coefficient (Wildman–Crippen LogP) is 1.50. The highest BCUT2D eigenvalue weighted by atomic mass is 32.2. The van der Waals surface area contributed by atoms with Gasteiger partial charge in [-0.15, -0.1) is 0 Å². The van der Waals surface area contributed by atoms with E-state index in [1.54, 1.807) is 31.4 Å². The Morgan fingerprint density at radius 2 is 1.76 bits per heavy atom. The van der Waals surface area contributed by atoms with E-state index in [2.05, 4.69) is 4.98 Å². The molecular weight excluding hydrogens is 286 g/mol. The smallest absolute Gasteiger partial charge is 0.218 e. The van der Waals surface area contributed by atoms with Gasteiger partial charge in [0.1, 0.15) is 0 Å². The summed E-state index contributed by atoms with van der Waals surface area (Å²) in [5.41, 5.74) is 7.99. The van der Waals surface area contributed by atoms with Crippen molar-refractivity contribution in [1.29, 1.82) is 0 Å². The maximum absolute atomic E-state index is 12.3. The van der Waals surface area contributed by atoms with Gasteiger partial charge >= 0.3 is 0 Å². The van der Waals surface area contributed by atoms with Crippen molar-refractivity contribution in [2.24, 2.45) is 5.73 Å². The number of pyridine rings is 1. The molecule has 0 atom stereocenters. The second-order valence-electron chi connectivity index (χ2n) is 4.85. The third-order valence-electron chi connectivity index (χ3n) is 3.19. The SMILES string of the molecule is CN(Cc1ccccn1)S(=O)(=O)Cc1ccc(CN)cc1. The van der Waals surface area contributed by atoms with Gasteiger partial charge in [-0.1, -0.05) is 30.3 Å². The minimum Gasteiger partial charge on any atom is -0.326 e. The molecule has 5 nitrogen and oxygen atoms in total. The molecule has 1 heterocycles. The second kappa shape index (κ2) is 6.80. The Kier molecular flexibility index (Phi) is 5.06. The van der Waals surface area contributed by atoms with Crippen molar-refractivity contribution >= 4 is 10.0 Å². The zero-order valence-corrected chi connectivity index (χ0v) is 12.8. The van der Waals surface area contributed by atoms with E-state index >= 15 is 0 Å². The number of nitrogens with two attached hydrogens (primary N) is 1. The lowest BCUT2D eigenvalue weighted by Crippen LogP contribution is -2.28. The molecule has 2 aromatic rings. The Labute approximate surface area is 125 Å². The summed E-state index contributed by atoms with van der Waals surface area (Å²) in [7, 11) is -1.80. The first-order valence-corrected chi connectivity index (χ1v) is 8.24. The molecule has 0 unspecified atom stereocenters. The number of aromatic nitrogens is 1. The molecule has 0 fully saturated rings. The summed E-state index contributed by atoms with van der Waals surface area (Å²) in [6.45, 7) is 0.719. The van der Waals surface area contributed by atoms with Crippen molar-refractivity contribution in [3.05, 3.63) is 65.5 Å². The van der Waals surface area contributed by atoms with Crippen LogP contribution in [0, 0.1) is 0 Å². The Hall–Kier alpha value is -1.76. The minimum absolute atomic E-state index is 0.0266. The van der Waals surface area contributed by atoms with Crippen LogP contribution in [0.4, 0.5) is 0 Å². The summed E-state index contributed by atoms with van der Waals surface area (Å²) in [5, 5.41) is 0. The number of hydrogen-bond donors (Lipinski definition) is 1. The maximum atomic E-state index is 12.3. The number of nitrogens with zero attached hydrogens (tertiary/aromatic N) is 2. The van der Waals surface area contributed by atoms with Crippen LogP contribution in [-0.4, -0.2) is 24.8 Å². The van der Waals surface area contributed by atoms with Gasteiger partial charge in [-0.3, -0.25) is 4.98 Å². The molecule has 0 amide bonds. The van der Waals surface area contributed by atoms with Gasteiger partial charge in [0.05, 0.1) is 18.0 Å². The van der Waals surface area contributed by atoms with E-state index in [9.17, 15) is 8.42 Å². The monoisotopic (exact) mass is 305 g/mol. The van der Waals surface area contributed by atoms with E-state index in [4.69, 9.17) is 5.73 Å². The summed E-state index contributed by atoms with van der Waals surface area (Å²) >= 11 is 0. The summed E-state index contributed by atoms with van der Waals surface area (Å²) in [4.78, 5) is 4.14. The topological polar surface area (TPSA) is 76.3 Å². The van der Waals surface area contributed by atoms with Crippen molar-refractivity contribution in [3.63, 3.8) is 0 Å². The van der Waals surface area contributed by atoms with Crippen molar-refractivity contribution < 1.29 is 8.42 Å². The van der Waals surface area contributed by atoms with Crippen molar-refractivity contribution in [3.8, 4) is 0 Å². The lowest BCUT2D eigenvalue weighted by atomic mass is 10.1. The summed E-state index contributed by atoms with van der Waals surface area (Å²) < 4.78 is 26.0. The van der Waals surface area contributed by atoms with Crippen molar-refractivity contribution in [1.82, 2.24) is 9.29 Å². The summed E-state index contributed by atoms with van der Waals surface area (Å²) in [6, 6.07) is 12.8. The highest BCUT2D eigenvalue weighted by Gasteiger charge is 2.19. The van der Waals surface area contributed by atoms with E-state index in [1.165, 1.54) is 4.31 Å². The highest BCUT2D eigenvalue weighted by Crippen LogP contribution is 2.13. The van der Waals surface area contributed by atoms with Crippen LogP contribution in [-0.2, 0) is 28.9 Å². The Bertz CT molecular complexity index is 670. The molecule has 0 radical (unpaired) electrons. The molecule has 1 aromatic heterocycles. The molecule has 6 heteroatoms. The Balaban J connectivity index is 2.06. The summed E-state index contributed by atoms with van der Waals surface area (Å²) in [5.74, 6) is -0.0266. The first kappa shape index (κ1) is 15.6. The first-order chi connectivity index (χ1) is 10.0. The quantitative estimate of drug-likeness (QED) is 0.877. The molecule has 0 bridgehead atoms. The molecule has 0 aliphatic rings. The average Bonchev–Trinajstić information content (AvgIpc) is 2.48. The van der Waals surface area contributed by atoms with Crippen LogP contribution in [0.1, 0.15) is 16.8 Å². The highest BCUT2D eigenvalue weighted by molar-refractivity contribution is 7.88. The number of sulfonamides is 1. The fourth-order valence-electron chi connectivity index (χ4n) is 1.91. The second-order valence-corrected chi connectivity index (χ2v) is 6.93. The minimum atomic E-state index is -3.37. The molecule has 2 rings (SSSR count). The van der Waals surface area contributed by atoms with E-state index in [0.717, 1.165) is 16.8 Å². The predicted molar refractivity (Wildman–Crippen MR) is 82.7 cm³/mol. The Morgan fingerprint density at radius 1 is 1.10 bits per heavy atom. The standard InChI is InChI=1S/C15H19N3O2S/c1-18(11-15-4-2-3-9-17-15)21(19,20)12-14-7-5-13(10-16)6-8-14/h2-9H,10-12,16H2,1H3. The van der Waals surface area contributed by atoms with E-state index in [-0.39, 0.29) is 12.3 Å². The third kappa shape index (κ3) is 4.35. The maximum Gasteiger partial charge on any atom is 0.218 e. The van der Waals surface area contributed by atoms with Gasteiger partial charge in [0, 0.05) is 19.8 Å². The van der Waals surface area contributed by atoms with Gasteiger partial charge in [0.25, 0.3) is 0 Å². The molecular formula is C15H19N3O2S. The third-order valence-corrected chi connectivity index (χ3v) is 4.97. The molecule has 2 N–H and O–H groups in total. The Morgan fingerprint density at radius 3 is 2.33 bits per heavy atom. The zero-order valence-electron chi connectivity index (χ0n) is 11.9. The molecule has 0 aliphatic heterocycles. The first-order valence-electron chi connectivity index (χ1n) is 6.63. The lowest BCUT2D eigenvalue weighted by molar-refractivity contribution is 0.461. The van der Waals surface area contributed by atoms with Gasteiger partial charge in [0.15, 0.2) is 0 Å². The normalized spacial score (nSPS) is 11.8. The van der Waals surface area contributed by atoms with Crippen LogP contribution in [0.5, 0.6) is 0 Å². The molecule has 0 spiro atoms. The molecule has 0 saturated carbocycles. The lowest BCUT2D eigenvalue weighted by Gasteiger charge is -2.16. The zero-order chi connectivity index (χ0) is 15.3. The van der Waals surface area contributed by atoms with Crippen molar-refractivity contribution in [2.45, 2.75) is 18.8 Å². The van der Waals surface area contributed by atoms with Crippen LogP contribution in [0.15, 0.2) is 48.7 Å². The number of benzene rings is 1. The van der Waals surface area contributed by atoms with Crippen LogP contribution in [0.2, 0.25) is 0 Å². The number of hydrogen-bond acceptors (Lipinski definition) is 4. The molecule has 1 aromatic carbocycles. The van der Waals surface area contributed by atoms with Crippen LogP contribution >= 0.6 is 0 Å². The van der Waals surface area contributed by atoms with Gasteiger partial charge in [-0.25, -0.2) is 8.42 Å². The van der Waals surface area contributed by atoms with Crippen LogP contribution in [0.25, 0.3) is 0 Å². The molecule has 112 valence electrons. The van der Waals surface area contributed by atoms with Crippen molar-refractivity contribution in [2.75, 3.05) is 7.05 Å². The fourth-order valence-corrected chi connectivity index (χ4v) is 3.07. The summed E-state index contributed by atoms with van der Waals surface area (Å²) in [6.07, 6.45) is 1.65. The van der Waals surface area contributed by atoms with E-state index < -0.39 is 10.0 Å². The largest absolute Gasteiger partial charge is 0.326 e. The number of rotatable bonds is 6. The van der Waals surface area contributed by atoms with Crippen LogP contribution < -0.4 is 5.73 Å². The van der Waals surface area contributed by atoms with Gasteiger partial charge in [0.2, 0.25) is 10.0 Å². The van der Waals surface area contributed by atoms with Crippen LogP contribution in [0.3, 0.4) is 0 Å². The van der Waals surface area contributed by atoms with E-state index in [0.29, 0.717) is 6.54 Å². The molecule has 0 saturated heterocycles. The fraction of sp³-hybridized carbons (Fsp3) is 0.267. The van der Waals surface area contributed by atoms with Gasteiger partial charge in [-0.05, 0) is 23.3 Å².